The van der Waals surface area contributed by atoms with Crippen molar-refractivity contribution in [3.05, 3.63) is 35.4 Å². The highest BCUT2D eigenvalue weighted by Crippen LogP contribution is 2.14. The highest BCUT2D eigenvalue weighted by atomic mass is 16.4. The van der Waals surface area contributed by atoms with Crippen molar-refractivity contribution in [3.63, 3.8) is 0 Å². The molecule has 2 amide bonds. The van der Waals surface area contributed by atoms with E-state index in [1.807, 2.05) is 24.3 Å². The first-order valence-electron chi connectivity index (χ1n) is 7.16. The third-order valence-electron chi connectivity index (χ3n) is 3.67. The van der Waals surface area contributed by atoms with Gasteiger partial charge in [-0.1, -0.05) is 45.0 Å². The van der Waals surface area contributed by atoms with Gasteiger partial charge in [-0.05, 0) is 30.4 Å². The monoisotopic (exact) mass is 292 g/mol. The topological polar surface area (TPSA) is 78.4 Å². The van der Waals surface area contributed by atoms with Crippen molar-refractivity contribution in [2.75, 3.05) is 0 Å². The Balaban J connectivity index is 2.55. The van der Waals surface area contributed by atoms with Crippen LogP contribution < -0.4 is 10.6 Å². The molecule has 5 nitrogen and oxygen atoms in total. The molecule has 116 valence electrons. The zero-order valence-electron chi connectivity index (χ0n) is 13.1. The summed E-state index contributed by atoms with van der Waals surface area (Å²) >= 11 is 0. The van der Waals surface area contributed by atoms with Crippen LogP contribution in [-0.4, -0.2) is 22.6 Å². The Bertz CT molecular complexity index is 497. The van der Waals surface area contributed by atoms with Crippen molar-refractivity contribution in [2.45, 2.75) is 52.1 Å². The minimum atomic E-state index is -1.24. The van der Waals surface area contributed by atoms with Gasteiger partial charge < -0.3 is 15.7 Å². The molecule has 1 aromatic rings. The lowest BCUT2D eigenvalue weighted by Gasteiger charge is -2.24. The highest BCUT2D eigenvalue weighted by Gasteiger charge is 2.32. The Morgan fingerprint density at radius 3 is 2.24 bits per heavy atom. The van der Waals surface area contributed by atoms with Crippen LogP contribution in [0.2, 0.25) is 0 Å². The number of benzene rings is 1. The first kappa shape index (κ1) is 17.0. The summed E-state index contributed by atoms with van der Waals surface area (Å²) in [6.45, 7) is 7.82. The molecule has 1 atom stereocenters. The predicted molar refractivity (Wildman–Crippen MR) is 82.2 cm³/mol. The van der Waals surface area contributed by atoms with Crippen LogP contribution >= 0.6 is 0 Å². The van der Waals surface area contributed by atoms with Crippen molar-refractivity contribution >= 4 is 12.0 Å². The second-order valence-corrected chi connectivity index (χ2v) is 5.69. The Kier molecular flexibility index (Phi) is 5.76. The summed E-state index contributed by atoms with van der Waals surface area (Å²) in [6.07, 6.45) is 0.318. The number of carbonyl (C=O) groups excluding carboxylic acids is 1. The molecule has 0 fully saturated rings. The SMILES string of the molecule is CCC(C)(NC(=O)NCc1ccc(C(C)C)cc1)C(=O)O. The number of nitrogens with one attached hydrogen (secondary N) is 2. The lowest BCUT2D eigenvalue weighted by molar-refractivity contribution is -0.143. The molecule has 1 aromatic carbocycles. The molecule has 3 N–H and O–H groups in total. The van der Waals surface area contributed by atoms with E-state index >= 15 is 0 Å². The third-order valence-corrected chi connectivity index (χ3v) is 3.67. The summed E-state index contributed by atoms with van der Waals surface area (Å²) in [4.78, 5) is 22.9. The van der Waals surface area contributed by atoms with Crippen LogP contribution in [0.5, 0.6) is 0 Å². The van der Waals surface area contributed by atoms with E-state index in [4.69, 9.17) is 5.11 Å². The molecular weight excluding hydrogens is 268 g/mol. The van der Waals surface area contributed by atoms with E-state index in [9.17, 15) is 9.59 Å². The fourth-order valence-electron chi connectivity index (χ4n) is 1.79. The first-order chi connectivity index (χ1) is 9.78. The molecule has 0 aliphatic rings. The summed E-state index contributed by atoms with van der Waals surface area (Å²) < 4.78 is 0. The van der Waals surface area contributed by atoms with E-state index in [-0.39, 0.29) is 0 Å². The molecule has 0 aliphatic carbocycles. The van der Waals surface area contributed by atoms with Crippen molar-refractivity contribution in [1.82, 2.24) is 10.6 Å². The summed E-state index contributed by atoms with van der Waals surface area (Å²) in [5.74, 6) is -0.572. The highest BCUT2D eigenvalue weighted by molar-refractivity contribution is 5.85. The second kappa shape index (κ2) is 7.11. The van der Waals surface area contributed by atoms with Gasteiger partial charge in [0.25, 0.3) is 0 Å². The van der Waals surface area contributed by atoms with Crippen LogP contribution in [0.1, 0.15) is 51.2 Å². The normalized spacial score (nSPS) is 13.6. The van der Waals surface area contributed by atoms with E-state index < -0.39 is 17.5 Å². The fraction of sp³-hybridized carbons (Fsp3) is 0.500. The number of aliphatic carboxylic acids is 1. The van der Waals surface area contributed by atoms with Crippen molar-refractivity contribution < 1.29 is 14.7 Å². The molecule has 0 aromatic heterocycles. The zero-order valence-corrected chi connectivity index (χ0v) is 13.1. The molecule has 0 bridgehead atoms. The molecule has 0 radical (unpaired) electrons. The second-order valence-electron chi connectivity index (χ2n) is 5.69. The molecule has 0 aliphatic heterocycles. The van der Waals surface area contributed by atoms with Crippen molar-refractivity contribution in [3.8, 4) is 0 Å². The van der Waals surface area contributed by atoms with Gasteiger partial charge in [0.1, 0.15) is 5.54 Å². The van der Waals surface area contributed by atoms with Crippen LogP contribution in [-0.2, 0) is 11.3 Å². The van der Waals surface area contributed by atoms with E-state index in [0.717, 1.165) is 5.56 Å². The largest absolute Gasteiger partial charge is 0.480 e. The fourth-order valence-corrected chi connectivity index (χ4v) is 1.79. The summed E-state index contributed by atoms with van der Waals surface area (Å²) in [7, 11) is 0. The molecule has 0 saturated heterocycles. The summed E-state index contributed by atoms with van der Waals surface area (Å²) in [5, 5.41) is 14.3. The standard InChI is InChI=1S/C16H24N2O3/c1-5-16(4,14(19)20)18-15(21)17-10-12-6-8-13(9-7-12)11(2)3/h6-9,11H,5,10H2,1-4H3,(H,19,20)(H2,17,18,21). The van der Waals surface area contributed by atoms with Crippen molar-refractivity contribution in [2.24, 2.45) is 0 Å². The minimum Gasteiger partial charge on any atom is -0.480 e. The van der Waals surface area contributed by atoms with Crippen LogP contribution in [0.25, 0.3) is 0 Å². The van der Waals surface area contributed by atoms with Gasteiger partial charge in [-0.2, -0.15) is 0 Å². The average Bonchev–Trinajstić information content (AvgIpc) is 2.45. The summed E-state index contributed by atoms with van der Waals surface area (Å²) in [6, 6.07) is 7.52. The van der Waals surface area contributed by atoms with E-state index in [0.29, 0.717) is 18.9 Å². The van der Waals surface area contributed by atoms with Gasteiger partial charge in [0, 0.05) is 6.54 Å². The van der Waals surface area contributed by atoms with Gasteiger partial charge in [0.05, 0.1) is 0 Å². The number of hydrogen-bond donors (Lipinski definition) is 3. The smallest absolute Gasteiger partial charge is 0.329 e. The number of carboxylic acid groups (broad SMARTS) is 1. The zero-order chi connectivity index (χ0) is 16.0. The number of carboxylic acids is 1. The van der Waals surface area contributed by atoms with Gasteiger partial charge >= 0.3 is 12.0 Å². The maximum atomic E-state index is 11.8. The van der Waals surface area contributed by atoms with Gasteiger partial charge in [0.15, 0.2) is 0 Å². The van der Waals surface area contributed by atoms with Gasteiger partial charge in [-0.15, -0.1) is 0 Å². The molecule has 21 heavy (non-hydrogen) atoms. The van der Waals surface area contributed by atoms with E-state index in [2.05, 4.69) is 24.5 Å². The average molecular weight is 292 g/mol. The Morgan fingerprint density at radius 1 is 1.24 bits per heavy atom. The molecule has 0 heterocycles. The molecule has 1 rings (SSSR count). The van der Waals surface area contributed by atoms with Crippen LogP contribution in [0.15, 0.2) is 24.3 Å². The molecular formula is C16H24N2O3. The maximum Gasteiger partial charge on any atom is 0.329 e. The Labute approximate surface area is 125 Å². The lowest BCUT2D eigenvalue weighted by Crippen LogP contribution is -2.54. The third kappa shape index (κ3) is 4.77. The summed E-state index contributed by atoms with van der Waals surface area (Å²) in [5.41, 5.74) is 0.974. The van der Waals surface area contributed by atoms with Gasteiger partial charge in [-0.3, -0.25) is 0 Å². The van der Waals surface area contributed by atoms with Gasteiger partial charge in [0.2, 0.25) is 0 Å². The van der Waals surface area contributed by atoms with Crippen molar-refractivity contribution in [1.29, 1.82) is 0 Å². The minimum absolute atomic E-state index is 0.318. The molecule has 0 saturated carbocycles. The van der Waals surface area contributed by atoms with Crippen LogP contribution in [0.3, 0.4) is 0 Å². The number of rotatable bonds is 6. The first-order valence-corrected chi connectivity index (χ1v) is 7.16. The van der Waals surface area contributed by atoms with Crippen LogP contribution in [0, 0.1) is 0 Å². The quantitative estimate of drug-likeness (QED) is 0.754. The molecule has 1 unspecified atom stereocenters. The predicted octanol–water partition coefficient (Wildman–Crippen LogP) is 2.86. The maximum absolute atomic E-state index is 11.8. The van der Waals surface area contributed by atoms with Crippen LogP contribution in [0.4, 0.5) is 4.79 Å². The molecule has 0 spiro atoms. The van der Waals surface area contributed by atoms with E-state index in [1.54, 1.807) is 6.92 Å². The number of amides is 2. The number of carbonyl (C=O) groups is 2. The number of urea groups is 1. The number of hydrogen-bond acceptors (Lipinski definition) is 2. The lowest BCUT2D eigenvalue weighted by atomic mass is 10.00. The van der Waals surface area contributed by atoms with E-state index in [1.165, 1.54) is 12.5 Å². The molecule has 5 heteroatoms. The Morgan fingerprint density at radius 2 is 1.81 bits per heavy atom. The Hall–Kier alpha value is -2.04. The van der Waals surface area contributed by atoms with Gasteiger partial charge in [-0.25, -0.2) is 9.59 Å².